The van der Waals surface area contributed by atoms with E-state index in [0.29, 0.717) is 32.2 Å². The first-order valence-corrected chi connectivity index (χ1v) is 10.5. The number of rotatable bonds is 5. The molecule has 3 aliphatic rings. The summed E-state index contributed by atoms with van der Waals surface area (Å²) >= 11 is 0. The second-order valence-corrected chi connectivity index (χ2v) is 8.57. The molecule has 0 radical (unpaired) electrons. The van der Waals surface area contributed by atoms with Gasteiger partial charge in [0.25, 0.3) is 11.6 Å². The monoisotopic (exact) mass is 410 g/mol. The Bertz CT molecular complexity index is 1080. The van der Waals surface area contributed by atoms with E-state index in [2.05, 4.69) is 40.0 Å². The van der Waals surface area contributed by atoms with Gasteiger partial charge in [-0.3, -0.25) is 14.4 Å². The SMILES string of the molecule is CC[C@@]12CCC(=O)N(CCc3cn(C)c4ccccc34)[C@@]13N=NC(C(=O)OC)(C2)O3. The molecule has 1 spiro atoms. The lowest BCUT2D eigenvalue weighted by Crippen LogP contribution is -2.62. The van der Waals surface area contributed by atoms with E-state index < -0.39 is 23.0 Å². The van der Waals surface area contributed by atoms with Gasteiger partial charge < -0.3 is 9.30 Å². The highest BCUT2D eigenvalue weighted by molar-refractivity contribution is 5.84. The number of hydrogen-bond donors (Lipinski definition) is 0. The summed E-state index contributed by atoms with van der Waals surface area (Å²) in [6.07, 6.45) is 4.95. The molecule has 2 aromatic rings. The van der Waals surface area contributed by atoms with Crippen molar-refractivity contribution in [2.24, 2.45) is 22.7 Å². The number of esters is 1. The van der Waals surface area contributed by atoms with E-state index in [-0.39, 0.29) is 5.91 Å². The third-order valence-electron chi connectivity index (χ3n) is 7.18. The molecule has 3 atom stereocenters. The van der Waals surface area contributed by atoms with Gasteiger partial charge in [-0.25, -0.2) is 4.79 Å². The quantitative estimate of drug-likeness (QED) is 0.709. The van der Waals surface area contributed by atoms with Crippen molar-refractivity contribution in [3.8, 4) is 0 Å². The van der Waals surface area contributed by atoms with Gasteiger partial charge in [-0.2, -0.15) is 0 Å². The van der Waals surface area contributed by atoms with Crippen molar-refractivity contribution in [3.63, 3.8) is 0 Å². The number of likely N-dealkylation sites (tertiary alicyclic amines) is 1. The Balaban J connectivity index is 1.50. The molecular weight excluding hydrogens is 384 g/mol. The molecule has 5 rings (SSSR count). The van der Waals surface area contributed by atoms with Gasteiger partial charge in [0.05, 0.1) is 7.11 Å². The Labute approximate surface area is 174 Å². The van der Waals surface area contributed by atoms with Crippen LogP contribution in [0.25, 0.3) is 10.9 Å². The maximum absolute atomic E-state index is 13.0. The summed E-state index contributed by atoms with van der Waals surface area (Å²) in [5, 5.41) is 9.83. The number of hydrogen-bond acceptors (Lipinski definition) is 6. The zero-order chi connectivity index (χ0) is 21.1. The first-order valence-electron chi connectivity index (χ1n) is 10.5. The van der Waals surface area contributed by atoms with Crippen molar-refractivity contribution in [2.45, 2.75) is 50.6 Å². The molecular formula is C22H26N4O4. The molecule has 0 saturated carbocycles. The minimum Gasteiger partial charge on any atom is -0.465 e. The molecule has 158 valence electrons. The van der Waals surface area contributed by atoms with Gasteiger partial charge in [-0.15, -0.1) is 10.2 Å². The lowest BCUT2D eigenvalue weighted by Gasteiger charge is -2.49. The highest BCUT2D eigenvalue weighted by Gasteiger charge is 2.76. The second-order valence-electron chi connectivity index (χ2n) is 8.57. The van der Waals surface area contributed by atoms with Gasteiger partial charge in [0.15, 0.2) is 0 Å². The van der Waals surface area contributed by atoms with Gasteiger partial charge in [0, 0.05) is 48.9 Å². The van der Waals surface area contributed by atoms with Crippen molar-refractivity contribution in [1.29, 1.82) is 0 Å². The van der Waals surface area contributed by atoms with Gasteiger partial charge in [-0.1, -0.05) is 25.1 Å². The van der Waals surface area contributed by atoms with E-state index in [9.17, 15) is 9.59 Å². The Morgan fingerprint density at radius 3 is 2.87 bits per heavy atom. The summed E-state index contributed by atoms with van der Waals surface area (Å²) in [4.78, 5) is 27.2. The molecule has 0 aliphatic carbocycles. The molecule has 2 fully saturated rings. The van der Waals surface area contributed by atoms with E-state index in [1.807, 2.05) is 19.2 Å². The summed E-state index contributed by atoms with van der Waals surface area (Å²) in [5.74, 6) is -1.79. The fourth-order valence-electron chi connectivity index (χ4n) is 5.56. The number of amides is 1. The molecule has 1 aromatic carbocycles. The minimum atomic E-state index is -1.44. The second kappa shape index (κ2) is 6.38. The fourth-order valence-corrected chi connectivity index (χ4v) is 5.56. The predicted octanol–water partition coefficient (Wildman–Crippen LogP) is 3.15. The smallest absolute Gasteiger partial charge is 0.363 e. The van der Waals surface area contributed by atoms with Gasteiger partial charge in [0.2, 0.25) is 5.91 Å². The molecule has 0 N–H and O–H groups in total. The number of carbonyl (C=O) groups excluding carboxylic acids is 2. The standard InChI is InChI=1S/C22H26N4O4/c1-4-20-11-9-18(27)26(22(20)24-23-21(14-20,30-22)19(28)29-3)12-10-15-13-25(2)17-8-6-5-7-16(15)17/h5-8,13H,4,9-12,14H2,1-3H3/t20-,21?,22-/m0/s1. The lowest BCUT2D eigenvalue weighted by molar-refractivity contribution is -0.214. The summed E-state index contributed by atoms with van der Waals surface area (Å²) in [7, 11) is 3.35. The maximum atomic E-state index is 13.0. The topological polar surface area (TPSA) is 85.5 Å². The summed E-state index contributed by atoms with van der Waals surface area (Å²) < 4.78 is 13.3. The third-order valence-corrected chi connectivity index (χ3v) is 7.18. The number of aryl methyl sites for hydroxylation is 1. The van der Waals surface area contributed by atoms with Crippen molar-refractivity contribution < 1.29 is 19.1 Å². The number of benzene rings is 1. The summed E-state index contributed by atoms with van der Waals surface area (Å²) in [6.45, 7) is 2.51. The largest absolute Gasteiger partial charge is 0.465 e. The number of para-hydroxylation sites is 1. The highest BCUT2D eigenvalue weighted by atomic mass is 16.6. The predicted molar refractivity (Wildman–Crippen MR) is 108 cm³/mol. The molecule has 2 saturated heterocycles. The van der Waals surface area contributed by atoms with Gasteiger partial charge in [-0.05, 0) is 30.9 Å². The van der Waals surface area contributed by atoms with E-state index in [1.54, 1.807) is 4.90 Å². The number of methoxy groups -OCH3 is 1. The summed E-state index contributed by atoms with van der Waals surface area (Å²) in [6, 6.07) is 8.23. The van der Waals surface area contributed by atoms with Crippen LogP contribution in [-0.2, 0) is 32.5 Å². The van der Waals surface area contributed by atoms with Crippen molar-refractivity contribution in [1.82, 2.24) is 9.47 Å². The van der Waals surface area contributed by atoms with Crippen LogP contribution in [-0.4, -0.2) is 46.6 Å². The average molecular weight is 410 g/mol. The minimum absolute atomic E-state index is 0.0131. The Hall–Kier alpha value is -2.74. The summed E-state index contributed by atoms with van der Waals surface area (Å²) in [5.41, 5.74) is 0.445. The Kier molecular flexibility index (Phi) is 4.09. The molecule has 1 aromatic heterocycles. The molecule has 8 heteroatoms. The molecule has 1 amide bonds. The van der Waals surface area contributed by atoms with E-state index in [0.717, 1.165) is 17.5 Å². The molecule has 4 heterocycles. The van der Waals surface area contributed by atoms with Crippen molar-refractivity contribution in [2.75, 3.05) is 13.7 Å². The lowest BCUT2D eigenvalue weighted by atomic mass is 9.69. The third kappa shape index (κ3) is 2.31. The number of nitrogens with zero attached hydrogens (tertiary/aromatic N) is 4. The van der Waals surface area contributed by atoms with Crippen molar-refractivity contribution >= 4 is 22.8 Å². The normalized spacial score (nSPS) is 32.1. The molecule has 8 nitrogen and oxygen atoms in total. The van der Waals surface area contributed by atoms with Crippen LogP contribution in [0.2, 0.25) is 0 Å². The van der Waals surface area contributed by atoms with Crippen LogP contribution in [0.4, 0.5) is 0 Å². The molecule has 3 aliphatic heterocycles. The number of aromatic nitrogens is 1. The number of azo groups is 1. The van der Waals surface area contributed by atoms with Gasteiger partial charge in [0.1, 0.15) is 0 Å². The zero-order valence-corrected chi connectivity index (χ0v) is 17.6. The van der Waals surface area contributed by atoms with Crippen LogP contribution in [0.3, 0.4) is 0 Å². The average Bonchev–Trinajstić information content (AvgIpc) is 3.40. The number of fused-ring (bicyclic) bond motifs is 2. The molecule has 1 unspecified atom stereocenters. The maximum Gasteiger partial charge on any atom is 0.363 e. The van der Waals surface area contributed by atoms with E-state index in [1.165, 1.54) is 12.5 Å². The van der Waals surface area contributed by atoms with Crippen LogP contribution in [0.1, 0.15) is 38.2 Å². The Morgan fingerprint density at radius 2 is 2.10 bits per heavy atom. The van der Waals surface area contributed by atoms with Crippen LogP contribution in [0, 0.1) is 5.41 Å². The van der Waals surface area contributed by atoms with Crippen molar-refractivity contribution in [3.05, 3.63) is 36.0 Å². The number of piperidine rings is 1. The van der Waals surface area contributed by atoms with E-state index >= 15 is 0 Å². The van der Waals surface area contributed by atoms with Crippen LogP contribution in [0.15, 0.2) is 40.7 Å². The van der Waals surface area contributed by atoms with Crippen LogP contribution < -0.4 is 0 Å². The van der Waals surface area contributed by atoms with Crippen LogP contribution >= 0.6 is 0 Å². The van der Waals surface area contributed by atoms with Crippen LogP contribution in [0.5, 0.6) is 0 Å². The zero-order valence-electron chi connectivity index (χ0n) is 17.6. The number of ether oxygens (including phenoxy) is 2. The highest BCUT2D eigenvalue weighted by Crippen LogP contribution is 2.64. The van der Waals surface area contributed by atoms with E-state index in [4.69, 9.17) is 9.47 Å². The number of carbonyl (C=O) groups is 2. The van der Waals surface area contributed by atoms with Gasteiger partial charge >= 0.3 is 5.97 Å². The Morgan fingerprint density at radius 1 is 1.30 bits per heavy atom. The molecule has 2 bridgehead atoms. The first kappa shape index (κ1) is 19.2. The first-order chi connectivity index (χ1) is 14.4. The molecule has 30 heavy (non-hydrogen) atoms. The fraction of sp³-hybridized carbons (Fsp3) is 0.545.